The van der Waals surface area contributed by atoms with Crippen molar-refractivity contribution in [3.63, 3.8) is 0 Å². The van der Waals surface area contributed by atoms with E-state index in [9.17, 15) is 5.11 Å². The lowest BCUT2D eigenvalue weighted by molar-refractivity contribution is 0.0639. The molecule has 82 valence electrons. The van der Waals surface area contributed by atoms with Gasteiger partial charge in [-0.1, -0.05) is 39.2 Å². The Labute approximate surface area is 88.2 Å². The molecule has 0 aromatic rings. The fraction of sp³-hybridized carbons (Fsp3) is 0.846. The zero-order chi connectivity index (χ0) is 10.6. The standard InChI is InChI=1S/C13H24O/c1-4-13(8-6-5-7-9-13)10-12(14)11(2)3/h4,11-12,14H,1,5-10H2,2-3H3. The topological polar surface area (TPSA) is 20.2 Å². The van der Waals surface area contributed by atoms with Gasteiger partial charge in [-0.25, -0.2) is 0 Å². The summed E-state index contributed by atoms with van der Waals surface area (Å²) in [6, 6.07) is 0. The van der Waals surface area contributed by atoms with E-state index in [0.717, 1.165) is 6.42 Å². The van der Waals surface area contributed by atoms with Crippen molar-refractivity contribution >= 4 is 0 Å². The Balaban J connectivity index is 2.55. The first-order valence-electron chi connectivity index (χ1n) is 5.91. The van der Waals surface area contributed by atoms with Gasteiger partial charge >= 0.3 is 0 Å². The highest BCUT2D eigenvalue weighted by molar-refractivity contribution is 4.98. The molecule has 1 unspecified atom stereocenters. The highest BCUT2D eigenvalue weighted by Gasteiger charge is 2.31. The van der Waals surface area contributed by atoms with E-state index in [1.807, 2.05) is 0 Å². The first kappa shape index (κ1) is 11.8. The lowest BCUT2D eigenvalue weighted by atomic mass is 9.70. The summed E-state index contributed by atoms with van der Waals surface area (Å²) in [7, 11) is 0. The van der Waals surface area contributed by atoms with Gasteiger partial charge in [0, 0.05) is 0 Å². The van der Waals surface area contributed by atoms with Crippen molar-refractivity contribution in [1.29, 1.82) is 0 Å². The lowest BCUT2D eigenvalue weighted by Gasteiger charge is -2.37. The number of hydrogen-bond acceptors (Lipinski definition) is 1. The second-order valence-electron chi connectivity index (χ2n) is 5.14. The molecule has 1 fully saturated rings. The summed E-state index contributed by atoms with van der Waals surface area (Å²) in [5, 5.41) is 9.93. The van der Waals surface area contributed by atoms with E-state index < -0.39 is 0 Å². The Hall–Kier alpha value is -0.300. The molecule has 0 aromatic heterocycles. The number of aliphatic hydroxyl groups excluding tert-OH is 1. The van der Waals surface area contributed by atoms with Gasteiger partial charge in [0.25, 0.3) is 0 Å². The minimum absolute atomic E-state index is 0.161. The normalized spacial score (nSPS) is 23.4. The van der Waals surface area contributed by atoms with Gasteiger partial charge in [0.05, 0.1) is 6.10 Å². The molecule has 1 atom stereocenters. The molecule has 1 N–H and O–H groups in total. The van der Waals surface area contributed by atoms with E-state index in [-0.39, 0.29) is 11.5 Å². The van der Waals surface area contributed by atoms with E-state index in [0.29, 0.717) is 5.92 Å². The molecule has 0 heterocycles. The molecule has 0 saturated heterocycles. The van der Waals surface area contributed by atoms with Crippen molar-refractivity contribution in [1.82, 2.24) is 0 Å². The quantitative estimate of drug-likeness (QED) is 0.682. The summed E-state index contributed by atoms with van der Waals surface area (Å²) >= 11 is 0. The largest absolute Gasteiger partial charge is 0.393 e. The van der Waals surface area contributed by atoms with Crippen LogP contribution in [0.1, 0.15) is 52.4 Å². The van der Waals surface area contributed by atoms with Gasteiger partial charge in [-0.2, -0.15) is 0 Å². The summed E-state index contributed by atoms with van der Waals surface area (Å²) in [6.07, 6.45) is 9.25. The summed E-state index contributed by atoms with van der Waals surface area (Å²) in [4.78, 5) is 0. The van der Waals surface area contributed by atoms with Gasteiger partial charge < -0.3 is 5.11 Å². The van der Waals surface area contributed by atoms with Gasteiger partial charge in [-0.3, -0.25) is 0 Å². The summed E-state index contributed by atoms with van der Waals surface area (Å²) in [5.41, 5.74) is 0.238. The third kappa shape index (κ3) is 2.84. The molecule has 1 saturated carbocycles. The highest BCUT2D eigenvalue weighted by atomic mass is 16.3. The molecule has 1 rings (SSSR count). The molecular weight excluding hydrogens is 172 g/mol. The number of aliphatic hydroxyl groups is 1. The van der Waals surface area contributed by atoms with E-state index in [1.54, 1.807) is 0 Å². The van der Waals surface area contributed by atoms with Crippen molar-refractivity contribution in [2.24, 2.45) is 11.3 Å². The number of allylic oxidation sites excluding steroid dienone is 1. The van der Waals surface area contributed by atoms with E-state index >= 15 is 0 Å². The SMILES string of the molecule is C=CC1(CC(O)C(C)C)CCCCC1. The van der Waals surface area contributed by atoms with Crippen LogP contribution in [0.4, 0.5) is 0 Å². The van der Waals surface area contributed by atoms with Gasteiger partial charge in [0.2, 0.25) is 0 Å². The van der Waals surface area contributed by atoms with Crippen molar-refractivity contribution in [2.75, 3.05) is 0 Å². The first-order valence-corrected chi connectivity index (χ1v) is 5.91. The van der Waals surface area contributed by atoms with E-state index in [4.69, 9.17) is 0 Å². The van der Waals surface area contributed by atoms with Crippen LogP contribution >= 0.6 is 0 Å². The van der Waals surface area contributed by atoms with E-state index in [2.05, 4.69) is 26.5 Å². The Morgan fingerprint density at radius 1 is 1.29 bits per heavy atom. The zero-order valence-corrected chi connectivity index (χ0v) is 9.63. The molecular formula is C13H24O. The van der Waals surface area contributed by atoms with Crippen LogP contribution < -0.4 is 0 Å². The van der Waals surface area contributed by atoms with Crippen LogP contribution in [-0.2, 0) is 0 Å². The minimum atomic E-state index is -0.161. The average Bonchev–Trinajstić information content (AvgIpc) is 2.19. The fourth-order valence-corrected chi connectivity index (χ4v) is 2.40. The first-order chi connectivity index (χ1) is 6.59. The highest BCUT2D eigenvalue weighted by Crippen LogP contribution is 2.41. The van der Waals surface area contributed by atoms with Crippen LogP contribution in [0.2, 0.25) is 0 Å². The maximum atomic E-state index is 9.93. The molecule has 1 aliphatic rings. The maximum absolute atomic E-state index is 9.93. The van der Waals surface area contributed by atoms with Gasteiger partial charge in [0.15, 0.2) is 0 Å². The molecule has 0 aliphatic heterocycles. The zero-order valence-electron chi connectivity index (χ0n) is 9.63. The van der Waals surface area contributed by atoms with Gasteiger partial charge in [-0.15, -0.1) is 6.58 Å². The molecule has 0 spiro atoms. The van der Waals surface area contributed by atoms with Crippen molar-refractivity contribution < 1.29 is 5.11 Å². The summed E-state index contributed by atoms with van der Waals surface area (Å²) in [6.45, 7) is 8.13. The fourth-order valence-electron chi connectivity index (χ4n) is 2.40. The summed E-state index contributed by atoms with van der Waals surface area (Å²) in [5.74, 6) is 0.369. The predicted molar refractivity (Wildman–Crippen MR) is 61.2 cm³/mol. The van der Waals surface area contributed by atoms with Crippen LogP contribution in [0.25, 0.3) is 0 Å². The Bertz CT molecular complexity index is 178. The van der Waals surface area contributed by atoms with E-state index in [1.165, 1.54) is 32.1 Å². The molecule has 1 heteroatoms. The van der Waals surface area contributed by atoms with Crippen LogP contribution in [0.15, 0.2) is 12.7 Å². The molecule has 0 aromatic carbocycles. The molecule has 0 radical (unpaired) electrons. The molecule has 0 bridgehead atoms. The molecule has 14 heavy (non-hydrogen) atoms. The number of hydrogen-bond donors (Lipinski definition) is 1. The Kier molecular flexibility index (Phi) is 4.18. The molecule has 1 aliphatic carbocycles. The van der Waals surface area contributed by atoms with Crippen LogP contribution in [0.5, 0.6) is 0 Å². The smallest absolute Gasteiger partial charge is 0.0571 e. The van der Waals surface area contributed by atoms with Crippen LogP contribution in [0, 0.1) is 11.3 Å². The third-order valence-corrected chi connectivity index (χ3v) is 3.67. The van der Waals surface area contributed by atoms with Gasteiger partial charge in [-0.05, 0) is 30.6 Å². The predicted octanol–water partition coefficient (Wildman–Crippen LogP) is 3.53. The van der Waals surface area contributed by atoms with Crippen molar-refractivity contribution in [2.45, 2.75) is 58.5 Å². The summed E-state index contributed by atoms with van der Waals surface area (Å²) < 4.78 is 0. The Morgan fingerprint density at radius 3 is 2.29 bits per heavy atom. The van der Waals surface area contributed by atoms with Gasteiger partial charge in [0.1, 0.15) is 0 Å². The van der Waals surface area contributed by atoms with Crippen LogP contribution in [0.3, 0.4) is 0 Å². The molecule has 0 amide bonds. The second-order valence-corrected chi connectivity index (χ2v) is 5.14. The van der Waals surface area contributed by atoms with Crippen molar-refractivity contribution in [3.8, 4) is 0 Å². The van der Waals surface area contributed by atoms with Crippen molar-refractivity contribution in [3.05, 3.63) is 12.7 Å². The third-order valence-electron chi connectivity index (χ3n) is 3.67. The molecule has 1 nitrogen and oxygen atoms in total. The average molecular weight is 196 g/mol. The van der Waals surface area contributed by atoms with Crippen LogP contribution in [-0.4, -0.2) is 11.2 Å². The monoisotopic (exact) mass is 196 g/mol. The minimum Gasteiger partial charge on any atom is -0.393 e. The Morgan fingerprint density at radius 2 is 1.86 bits per heavy atom. The number of rotatable bonds is 4. The second kappa shape index (κ2) is 4.97. The lowest BCUT2D eigenvalue weighted by Crippen LogP contribution is -2.29. The maximum Gasteiger partial charge on any atom is 0.0571 e.